The molecule has 200 valence electrons. The van der Waals surface area contributed by atoms with E-state index in [0.717, 1.165) is 17.7 Å². The molecule has 2 aromatic carbocycles. The number of amides is 1. The number of anilines is 1. The molecule has 1 amide bonds. The van der Waals surface area contributed by atoms with Gasteiger partial charge in [0.2, 0.25) is 0 Å². The number of carboxylic acid groups (broad SMARTS) is 2. The lowest BCUT2D eigenvalue weighted by Gasteiger charge is -2.29. The van der Waals surface area contributed by atoms with Gasteiger partial charge >= 0.3 is 11.9 Å². The predicted molar refractivity (Wildman–Crippen MR) is 135 cm³/mol. The van der Waals surface area contributed by atoms with Crippen LogP contribution in [-0.4, -0.2) is 63.6 Å². The van der Waals surface area contributed by atoms with E-state index in [1.165, 1.54) is 12.1 Å². The number of aromatic hydroxyl groups is 1. The molecular formula is C26H32N2O9. The first kappa shape index (κ1) is 29.1. The number of rotatable bonds is 10. The molecule has 1 heterocycles. The fraction of sp³-hybridized carbons (Fsp3) is 0.346. The van der Waals surface area contributed by atoms with E-state index < -0.39 is 18.0 Å². The highest BCUT2D eigenvalue weighted by Gasteiger charge is 2.26. The molecule has 0 saturated heterocycles. The number of hydrogen-bond donors (Lipinski definition) is 6. The molecule has 0 saturated carbocycles. The summed E-state index contributed by atoms with van der Waals surface area (Å²) in [5.74, 6) is -1.62. The van der Waals surface area contributed by atoms with Crippen LogP contribution in [0.3, 0.4) is 0 Å². The lowest BCUT2D eigenvalue weighted by Crippen LogP contribution is -2.43. The third kappa shape index (κ3) is 9.82. The van der Waals surface area contributed by atoms with E-state index in [-0.39, 0.29) is 30.3 Å². The minimum atomic E-state index is -1.26. The maximum atomic E-state index is 11.5. The summed E-state index contributed by atoms with van der Waals surface area (Å²) < 4.78 is 11.0. The molecule has 0 bridgehead atoms. The van der Waals surface area contributed by atoms with Crippen molar-refractivity contribution in [3.05, 3.63) is 59.7 Å². The van der Waals surface area contributed by atoms with Crippen molar-refractivity contribution in [1.82, 2.24) is 5.32 Å². The van der Waals surface area contributed by atoms with Crippen LogP contribution < -0.4 is 20.1 Å². The first-order valence-electron chi connectivity index (χ1n) is 11.5. The largest absolute Gasteiger partial charge is 0.508 e. The Morgan fingerprint density at radius 1 is 1.16 bits per heavy atom. The van der Waals surface area contributed by atoms with Gasteiger partial charge in [0, 0.05) is 35.9 Å². The van der Waals surface area contributed by atoms with Gasteiger partial charge in [-0.2, -0.15) is 0 Å². The highest BCUT2D eigenvalue weighted by Crippen LogP contribution is 2.38. The second-order valence-corrected chi connectivity index (χ2v) is 8.79. The van der Waals surface area contributed by atoms with Crippen LogP contribution in [0.5, 0.6) is 17.2 Å². The second kappa shape index (κ2) is 13.3. The first-order valence-corrected chi connectivity index (χ1v) is 11.5. The Kier molecular flexibility index (Phi) is 10.5. The van der Waals surface area contributed by atoms with Gasteiger partial charge in [0.25, 0.3) is 5.91 Å². The molecule has 0 aromatic heterocycles. The number of carbonyl (C=O) groups excluding carboxylic acids is 1. The van der Waals surface area contributed by atoms with E-state index >= 15 is 0 Å². The van der Waals surface area contributed by atoms with Crippen LogP contribution in [0.2, 0.25) is 0 Å². The van der Waals surface area contributed by atoms with Crippen LogP contribution in [0.25, 0.3) is 0 Å². The molecule has 0 unspecified atom stereocenters. The van der Waals surface area contributed by atoms with Crippen molar-refractivity contribution in [2.45, 2.75) is 38.8 Å². The molecule has 11 nitrogen and oxygen atoms in total. The van der Waals surface area contributed by atoms with Crippen LogP contribution in [0.4, 0.5) is 5.69 Å². The molecular weight excluding hydrogens is 484 g/mol. The molecule has 1 aliphatic rings. The molecule has 3 rings (SSSR count). The fourth-order valence-electron chi connectivity index (χ4n) is 3.53. The van der Waals surface area contributed by atoms with Gasteiger partial charge in [-0.1, -0.05) is 12.1 Å². The van der Waals surface area contributed by atoms with E-state index in [4.69, 9.17) is 19.7 Å². The van der Waals surface area contributed by atoms with Crippen molar-refractivity contribution in [2.24, 2.45) is 0 Å². The topological polar surface area (TPSA) is 175 Å². The number of phenols is 1. The highest BCUT2D eigenvalue weighted by atomic mass is 16.5. The van der Waals surface area contributed by atoms with Gasteiger partial charge in [-0.05, 0) is 51.0 Å². The molecule has 0 aliphatic carbocycles. The zero-order valence-electron chi connectivity index (χ0n) is 20.9. The Balaban J connectivity index is 0.000000521. The van der Waals surface area contributed by atoms with Gasteiger partial charge in [0.1, 0.15) is 17.2 Å². The van der Waals surface area contributed by atoms with E-state index in [0.29, 0.717) is 35.8 Å². The van der Waals surface area contributed by atoms with Gasteiger partial charge in [-0.3, -0.25) is 4.79 Å². The molecule has 0 fully saturated rings. The quantitative estimate of drug-likeness (QED) is 0.257. The minimum absolute atomic E-state index is 0.0442. The van der Waals surface area contributed by atoms with Crippen LogP contribution in [-0.2, 0) is 20.8 Å². The zero-order valence-corrected chi connectivity index (χ0v) is 20.9. The summed E-state index contributed by atoms with van der Waals surface area (Å²) in [5, 5.41) is 42.3. The third-order valence-corrected chi connectivity index (χ3v) is 5.11. The van der Waals surface area contributed by atoms with Gasteiger partial charge in [-0.25, -0.2) is 9.59 Å². The van der Waals surface area contributed by atoms with Crippen molar-refractivity contribution in [3.63, 3.8) is 0 Å². The van der Waals surface area contributed by atoms with Crippen molar-refractivity contribution >= 4 is 23.5 Å². The van der Waals surface area contributed by atoms with Gasteiger partial charge in [-0.15, -0.1) is 0 Å². The molecule has 2 aromatic rings. The summed E-state index contributed by atoms with van der Waals surface area (Å²) >= 11 is 0. The number of β-amino-alcohol motifs (C(OH)–C–C–N with tert-alkyl or cyclic N) is 1. The van der Waals surface area contributed by atoms with Gasteiger partial charge in [0.15, 0.2) is 6.61 Å². The predicted octanol–water partition coefficient (Wildman–Crippen LogP) is 2.48. The van der Waals surface area contributed by atoms with Crippen LogP contribution in [0.1, 0.15) is 38.0 Å². The standard InChI is InChI=1S/C22H28N2O5.C4H4O4/c1-4-28-16-7-5-14(6-8-16)11-22(2,3)23-12-19(26)17-9-15(25)10-18-21(17)29-13-20(27)24-18;5-3(6)1-2-4(7)8/h5-10,19,23,25-26H,4,11-13H2,1-3H3,(H,24,27);1-2H,(H,5,6)(H,7,8)/b;2-1+/t19-;/m0./s1. The number of ether oxygens (including phenoxy) is 2. The summed E-state index contributed by atoms with van der Waals surface area (Å²) in [7, 11) is 0. The maximum absolute atomic E-state index is 11.5. The minimum Gasteiger partial charge on any atom is -0.508 e. The van der Waals surface area contributed by atoms with E-state index in [9.17, 15) is 24.6 Å². The number of aliphatic hydroxyl groups is 1. The fourth-order valence-corrected chi connectivity index (χ4v) is 3.53. The number of hydrogen-bond acceptors (Lipinski definition) is 8. The van der Waals surface area contributed by atoms with Crippen LogP contribution in [0, 0.1) is 0 Å². The van der Waals surface area contributed by atoms with Crippen molar-refractivity contribution in [1.29, 1.82) is 0 Å². The van der Waals surface area contributed by atoms with Crippen molar-refractivity contribution < 1.29 is 44.3 Å². The summed E-state index contributed by atoms with van der Waals surface area (Å²) in [6, 6.07) is 10.8. The molecule has 37 heavy (non-hydrogen) atoms. The zero-order chi connectivity index (χ0) is 27.6. The third-order valence-electron chi connectivity index (χ3n) is 5.11. The lowest BCUT2D eigenvalue weighted by molar-refractivity contribution is -0.134. The number of aliphatic carboxylic acids is 2. The SMILES string of the molecule is CCOc1ccc(CC(C)(C)NC[C@H](O)c2cc(O)cc3c2OCC(=O)N3)cc1.O=C(O)/C=C/C(=O)O. The van der Waals surface area contributed by atoms with Gasteiger partial charge < -0.3 is 40.5 Å². The number of carbonyl (C=O) groups is 3. The Morgan fingerprint density at radius 2 is 1.78 bits per heavy atom. The lowest BCUT2D eigenvalue weighted by atomic mass is 9.94. The second-order valence-electron chi connectivity index (χ2n) is 8.79. The monoisotopic (exact) mass is 516 g/mol. The van der Waals surface area contributed by atoms with E-state index in [1.54, 1.807) is 0 Å². The highest BCUT2D eigenvalue weighted by molar-refractivity contribution is 5.96. The number of nitrogens with one attached hydrogen (secondary N) is 2. The summed E-state index contributed by atoms with van der Waals surface area (Å²) in [6.45, 7) is 6.85. The van der Waals surface area contributed by atoms with Crippen LogP contribution >= 0.6 is 0 Å². The Labute approximate surface area is 214 Å². The number of fused-ring (bicyclic) bond motifs is 1. The molecule has 6 N–H and O–H groups in total. The number of benzene rings is 2. The normalized spacial score (nSPS) is 13.5. The Bertz CT molecular complexity index is 1110. The number of aliphatic hydroxyl groups excluding tert-OH is 1. The van der Waals surface area contributed by atoms with Crippen molar-refractivity contribution in [3.8, 4) is 17.2 Å². The molecule has 11 heteroatoms. The average Bonchev–Trinajstić information content (AvgIpc) is 2.82. The van der Waals surface area contributed by atoms with Crippen molar-refractivity contribution in [2.75, 3.05) is 25.1 Å². The van der Waals surface area contributed by atoms with Gasteiger partial charge in [0.05, 0.1) is 18.4 Å². The summed E-state index contributed by atoms with van der Waals surface area (Å²) in [6.07, 6.45) is 0.965. The summed E-state index contributed by atoms with van der Waals surface area (Å²) in [5.41, 5.74) is 1.68. The van der Waals surface area contributed by atoms with E-state index in [1.807, 2.05) is 31.2 Å². The van der Waals surface area contributed by atoms with E-state index in [2.05, 4.69) is 24.5 Å². The smallest absolute Gasteiger partial charge is 0.328 e. The number of phenolic OH excluding ortho intramolecular Hbond substituents is 1. The first-order chi connectivity index (χ1) is 17.4. The number of carboxylic acids is 2. The van der Waals surface area contributed by atoms with Crippen LogP contribution in [0.15, 0.2) is 48.6 Å². The summed E-state index contributed by atoms with van der Waals surface area (Å²) in [4.78, 5) is 30.6. The Morgan fingerprint density at radius 3 is 2.35 bits per heavy atom. The molecule has 1 aliphatic heterocycles. The Hall–Kier alpha value is -4.09. The molecule has 0 radical (unpaired) electrons. The molecule has 1 atom stereocenters. The average molecular weight is 517 g/mol. The maximum Gasteiger partial charge on any atom is 0.328 e. The molecule has 0 spiro atoms.